The van der Waals surface area contributed by atoms with Crippen molar-refractivity contribution in [1.82, 2.24) is 4.90 Å². The molecule has 2 fully saturated rings. The lowest BCUT2D eigenvalue weighted by molar-refractivity contribution is -0.138. The summed E-state index contributed by atoms with van der Waals surface area (Å²) >= 11 is 0. The molecule has 1 amide bonds. The van der Waals surface area contributed by atoms with Gasteiger partial charge in [0.15, 0.2) is 0 Å². The Bertz CT molecular complexity index is 1350. The summed E-state index contributed by atoms with van der Waals surface area (Å²) in [6, 6.07) is 17.4. The second-order valence-electron chi connectivity index (χ2n) is 9.97. The molecule has 8 heteroatoms. The van der Waals surface area contributed by atoms with Crippen molar-refractivity contribution in [2.24, 2.45) is 5.92 Å². The van der Waals surface area contributed by atoms with Gasteiger partial charge in [-0.2, -0.15) is 0 Å². The summed E-state index contributed by atoms with van der Waals surface area (Å²) in [5, 5.41) is 9.16. The number of carbonyl (C=O) groups excluding carboxylic acids is 1. The number of halogens is 1. The zero-order chi connectivity index (χ0) is 26.2. The molecule has 3 atom stereocenters. The van der Waals surface area contributed by atoms with E-state index in [9.17, 15) is 14.0 Å². The molecule has 2 aliphatic carbocycles. The Kier molecular flexibility index (Phi) is 6.49. The first-order chi connectivity index (χ1) is 18.5. The van der Waals surface area contributed by atoms with Gasteiger partial charge in [-0.25, -0.2) is 4.39 Å². The molecule has 1 N–H and O–H groups in total. The van der Waals surface area contributed by atoms with E-state index in [4.69, 9.17) is 19.3 Å². The molecule has 0 spiro atoms. The number of amides is 1. The zero-order valence-corrected chi connectivity index (χ0v) is 20.8. The van der Waals surface area contributed by atoms with Crippen molar-refractivity contribution in [2.45, 2.75) is 31.3 Å². The van der Waals surface area contributed by atoms with Crippen LogP contribution in [0.2, 0.25) is 0 Å². The van der Waals surface area contributed by atoms with E-state index < -0.39 is 12.1 Å². The summed E-state index contributed by atoms with van der Waals surface area (Å²) in [5.41, 5.74) is 2.85. The highest BCUT2D eigenvalue weighted by Crippen LogP contribution is 2.48. The Morgan fingerprint density at radius 1 is 0.947 bits per heavy atom. The Balaban J connectivity index is 1.14. The molecule has 7 nitrogen and oxygen atoms in total. The molecule has 1 heterocycles. The van der Waals surface area contributed by atoms with Crippen molar-refractivity contribution in [3.05, 3.63) is 88.7 Å². The number of carboxylic acids is 1. The van der Waals surface area contributed by atoms with E-state index in [0.29, 0.717) is 73.9 Å². The molecule has 1 aliphatic heterocycles. The predicted octanol–water partition coefficient (Wildman–Crippen LogP) is 5.34. The van der Waals surface area contributed by atoms with Crippen molar-refractivity contribution in [2.75, 3.05) is 26.3 Å². The Hall–Kier alpha value is -3.91. The van der Waals surface area contributed by atoms with Crippen LogP contribution in [0, 0.1) is 11.7 Å². The first-order valence-corrected chi connectivity index (χ1v) is 12.9. The lowest BCUT2D eigenvalue weighted by Crippen LogP contribution is -2.40. The first kappa shape index (κ1) is 24.4. The molecule has 0 aromatic heterocycles. The van der Waals surface area contributed by atoms with Crippen molar-refractivity contribution in [3.8, 4) is 17.2 Å². The Labute approximate surface area is 219 Å². The van der Waals surface area contributed by atoms with E-state index in [1.165, 1.54) is 6.07 Å². The number of fused-ring (bicyclic) bond motifs is 1. The van der Waals surface area contributed by atoms with Gasteiger partial charge in [-0.1, -0.05) is 12.1 Å². The molecular formula is C30H28FNO6. The quantitative estimate of drug-likeness (QED) is 0.455. The number of nitrogens with zero attached hydrogens (tertiary/aromatic N) is 1. The number of carbonyl (C=O) groups is 2. The largest absolute Gasteiger partial charge is 0.486 e. The van der Waals surface area contributed by atoms with Crippen molar-refractivity contribution < 1.29 is 33.3 Å². The van der Waals surface area contributed by atoms with Crippen molar-refractivity contribution in [1.29, 1.82) is 0 Å². The molecule has 3 unspecified atom stereocenters. The third-order valence-corrected chi connectivity index (χ3v) is 7.56. The molecule has 0 bridgehead atoms. The maximum atomic E-state index is 14.9. The number of hydrogen-bond acceptors (Lipinski definition) is 5. The summed E-state index contributed by atoms with van der Waals surface area (Å²) in [6.07, 6.45) is 1.44. The van der Waals surface area contributed by atoms with Crippen LogP contribution in [0.4, 0.5) is 4.39 Å². The number of benzene rings is 3. The molecular weight excluding hydrogens is 489 g/mol. The summed E-state index contributed by atoms with van der Waals surface area (Å²) in [7, 11) is 0. The molecule has 196 valence electrons. The average Bonchev–Trinajstić information content (AvgIpc) is 3.65. The molecule has 38 heavy (non-hydrogen) atoms. The number of carboxylic acid groups (broad SMARTS) is 1. The fourth-order valence-electron chi connectivity index (χ4n) is 5.39. The third kappa shape index (κ3) is 4.84. The van der Waals surface area contributed by atoms with Gasteiger partial charge in [0.1, 0.15) is 29.2 Å². The number of morpholine rings is 1. The first-order valence-electron chi connectivity index (χ1n) is 12.9. The normalized spacial score (nSPS) is 22.0. The number of ether oxygens (including phenoxy) is 3. The Morgan fingerprint density at radius 3 is 2.34 bits per heavy atom. The van der Waals surface area contributed by atoms with Crippen LogP contribution in [0.15, 0.2) is 60.7 Å². The van der Waals surface area contributed by atoms with E-state index in [-0.39, 0.29) is 23.6 Å². The molecule has 3 aliphatic rings. The van der Waals surface area contributed by atoms with Gasteiger partial charge in [0.2, 0.25) is 0 Å². The van der Waals surface area contributed by atoms with Gasteiger partial charge in [0, 0.05) is 29.8 Å². The Morgan fingerprint density at radius 2 is 1.66 bits per heavy atom. The summed E-state index contributed by atoms with van der Waals surface area (Å²) in [6.45, 7) is 2.26. The fourth-order valence-corrected chi connectivity index (χ4v) is 5.39. The lowest BCUT2D eigenvalue weighted by Gasteiger charge is -2.26. The highest BCUT2D eigenvalue weighted by Gasteiger charge is 2.44. The van der Waals surface area contributed by atoms with Gasteiger partial charge >= 0.3 is 5.97 Å². The maximum absolute atomic E-state index is 14.9. The van der Waals surface area contributed by atoms with Gasteiger partial charge in [0.25, 0.3) is 5.91 Å². The molecule has 1 saturated carbocycles. The van der Waals surface area contributed by atoms with Gasteiger partial charge in [-0.3, -0.25) is 9.59 Å². The maximum Gasteiger partial charge on any atom is 0.307 e. The van der Waals surface area contributed by atoms with Crippen LogP contribution in [0.5, 0.6) is 17.2 Å². The van der Waals surface area contributed by atoms with Gasteiger partial charge in [-0.15, -0.1) is 0 Å². The van der Waals surface area contributed by atoms with E-state index in [1.807, 2.05) is 24.3 Å². The van der Waals surface area contributed by atoms with Crippen LogP contribution in [0.25, 0.3) is 0 Å². The van der Waals surface area contributed by atoms with Gasteiger partial charge < -0.3 is 24.2 Å². The topological polar surface area (TPSA) is 85.3 Å². The third-order valence-electron chi connectivity index (χ3n) is 7.56. The van der Waals surface area contributed by atoms with Crippen LogP contribution < -0.4 is 9.47 Å². The standard InChI is InChI=1S/C30H28FNO6/c31-25-10-12-26(37-20-7-3-19(4-8-20)29(33)32-13-15-36-16-14-32)22-9-11-27(28(22)25)38-21-5-1-18(2-6-21)23-17-24(23)30(34)35/h1-8,10,12,23-24,27H,9,11,13-17H2,(H,34,35). The number of rotatable bonds is 7. The predicted molar refractivity (Wildman–Crippen MR) is 136 cm³/mol. The summed E-state index contributed by atoms with van der Waals surface area (Å²) < 4.78 is 32.5. The second kappa shape index (κ2) is 10.1. The van der Waals surface area contributed by atoms with E-state index in [1.54, 1.807) is 35.2 Å². The number of hydrogen-bond donors (Lipinski definition) is 1. The minimum atomic E-state index is -0.760. The van der Waals surface area contributed by atoms with Crippen LogP contribution in [-0.4, -0.2) is 48.2 Å². The fraction of sp³-hybridized carbons (Fsp3) is 0.333. The molecule has 6 rings (SSSR count). The molecule has 0 radical (unpaired) electrons. The number of aliphatic carboxylic acids is 1. The van der Waals surface area contributed by atoms with E-state index in [2.05, 4.69) is 0 Å². The lowest BCUT2D eigenvalue weighted by atomic mass is 10.1. The van der Waals surface area contributed by atoms with Crippen LogP contribution in [0.3, 0.4) is 0 Å². The van der Waals surface area contributed by atoms with Crippen LogP contribution in [0.1, 0.15) is 51.9 Å². The monoisotopic (exact) mass is 517 g/mol. The minimum absolute atomic E-state index is 0.0330. The summed E-state index contributed by atoms with van der Waals surface area (Å²) in [4.78, 5) is 25.6. The second-order valence-corrected chi connectivity index (χ2v) is 9.97. The molecule has 3 aromatic carbocycles. The van der Waals surface area contributed by atoms with Gasteiger partial charge in [-0.05, 0) is 79.3 Å². The highest BCUT2D eigenvalue weighted by atomic mass is 19.1. The molecule has 3 aromatic rings. The summed E-state index contributed by atoms with van der Waals surface area (Å²) in [5.74, 6) is 0.374. The average molecular weight is 518 g/mol. The highest BCUT2D eigenvalue weighted by molar-refractivity contribution is 5.94. The van der Waals surface area contributed by atoms with Crippen molar-refractivity contribution >= 4 is 11.9 Å². The van der Waals surface area contributed by atoms with E-state index >= 15 is 0 Å². The SMILES string of the molecule is O=C(O)C1CC1c1ccc(OC2CCc3c(Oc4ccc(C(=O)N5CCOCC5)cc4)ccc(F)c32)cc1. The van der Waals surface area contributed by atoms with E-state index in [0.717, 1.165) is 11.1 Å². The van der Waals surface area contributed by atoms with Crippen LogP contribution >= 0.6 is 0 Å². The molecule has 1 saturated heterocycles. The van der Waals surface area contributed by atoms with Crippen LogP contribution in [-0.2, 0) is 16.0 Å². The smallest absolute Gasteiger partial charge is 0.307 e. The zero-order valence-electron chi connectivity index (χ0n) is 20.8. The van der Waals surface area contributed by atoms with Crippen molar-refractivity contribution in [3.63, 3.8) is 0 Å². The minimum Gasteiger partial charge on any atom is -0.486 e. The van der Waals surface area contributed by atoms with Gasteiger partial charge in [0.05, 0.1) is 19.1 Å².